The van der Waals surface area contributed by atoms with E-state index in [1.807, 2.05) is 0 Å². The van der Waals surface area contributed by atoms with Crippen LogP contribution >= 0.6 is 0 Å². The van der Waals surface area contributed by atoms with Crippen molar-refractivity contribution >= 4 is 40.5 Å². The van der Waals surface area contributed by atoms with Gasteiger partial charge in [0.25, 0.3) is 11.4 Å². The van der Waals surface area contributed by atoms with Crippen molar-refractivity contribution in [2.75, 3.05) is 9.80 Å². The van der Waals surface area contributed by atoms with Crippen molar-refractivity contribution < 1.29 is 29.3 Å². The average molecular weight is 438 g/mol. The number of carbonyl (C=O) groups is 3. The molecule has 3 fully saturated rings. The number of anilines is 2. The first-order valence-electron chi connectivity index (χ1n) is 9.60. The molecule has 5 unspecified atom stereocenters. The zero-order valence-electron chi connectivity index (χ0n) is 16.1. The Bertz CT molecular complexity index is 1190. The molecular weight excluding hydrogens is 424 g/mol. The summed E-state index contributed by atoms with van der Waals surface area (Å²) in [7, 11) is 0. The van der Waals surface area contributed by atoms with Crippen molar-refractivity contribution in [1.29, 1.82) is 0 Å². The molecule has 5 rings (SSSR count). The van der Waals surface area contributed by atoms with Gasteiger partial charge in [0.15, 0.2) is 0 Å². The molecule has 0 bridgehead atoms. The number of non-ortho nitro benzene ring substituents is 2. The number of imide groups is 1. The minimum absolute atomic E-state index is 0.159. The number of fused-ring (bicyclic) bond motifs is 4. The summed E-state index contributed by atoms with van der Waals surface area (Å²) in [6.45, 7) is 0. The van der Waals surface area contributed by atoms with Crippen LogP contribution in [0.15, 0.2) is 48.5 Å². The number of rotatable bonds is 4. The van der Waals surface area contributed by atoms with Gasteiger partial charge in [0, 0.05) is 35.9 Å². The first kappa shape index (κ1) is 19.8. The molecule has 12 nitrogen and oxygen atoms in total. The first-order valence-corrected chi connectivity index (χ1v) is 9.60. The van der Waals surface area contributed by atoms with Crippen LogP contribution in [0.25, 0.3) is 0 Å². The first-order chi connectivity index (χ1) is 15.2. The van der Waals surface area contributed by atoms with Crippen molar-refractivity contribution in [3.05, 3.63) is 68.8 Å². The number of nitro groups is 2. The molecule has 0 spiro atoms. The normalized spacial score (nSPS) is 28.4. The van der Waals surface area contributed by atoms with Gasteiger partial charge in [-0.15, -0.1) is 0 Å². The fourth-order valence-corrected chi connectivity index (χ4v) is 4.96. The van der Waals surface area contributed by atoms with Gasteiger partial charge < -0.3 is 5.11 Å². The van der Waals surface area contributed by atoms with Crippen molar-refractivity contribution in [3.8, 4) is 0 Å². The molecule has 1 saturated carbocycles. The van der Waals surface area contributed by atoms with Crippen LogP contribution in [0.3, 0.4) is 0 Å². The van der Waals surface area contributed by atoms with Gasteiger partial charge in [0.2, 0.25) is 17.7 Å². The Labute approximate surface area is 178 Å². The Morgan fingerprint density at radius 3 is 1.62 bits per heavy atom. The van der Waals surface area contributed by atoms with Crippen LogP contribution in [0.1, 0.15) is 0 Å². The summed E-state index contributed by atoms with van der Waals surface area (Å²) < 4.78 is 0. The Balaban J connectivity index is 1.42. The zero-order chi connectivity index (χ0) is 22.9. The summed E-state index contributed by atoms with van der Waals surface area (Å²) in [5, 5.41) is 32.5. The van der Waals surface area contributed by atoms with E-state index in [4.69, 9.17) is 0 Å². The van der Waals surface area contributed by atoms with Crippen LogP contribution in [0.2, 0.25) is 0 Å². The molecule has 2 aliphatic heterocycles. The topological polar surface area (TPSA) is 164 Å². The van der Waals surface area contributed by atoms with Gasteiger partial charge in [-0.05, 0) is 24.3 Å². The quantitative estimate of drug-likeness (QED) is 0.423. The number of carbonyl (C=O) groups excluding carboxylic acids is 3. The second-order valence-corrected chi connectivity index (χ2v) is 7.84. The van der Waals surface area contributed by atoms with E-state index < -0.39 is 57.5 Å². The molecule has 2 aromatic rings. The van der Waals surface area contributed by atoms with Gasteiger partial charge in [-0.3, -0.25) is 44.4 Å². The van der Waals surface area contributed by atoms with Gasteiger partial charge in [-0.2, -0.15) is 0 Å². The monoisotopic (exact) mass is 438 g/mol. The molecule has 2 saturated heterocycles. The van der Waals surface area contributed by atoms with Crippen molar-refractivity contribution in [1.82, 2.24) is 0 Å². The van der Waals surface area contributed by atoms with Gasteiger partial charge in [-0.25, -0.2) is 0 Å². The van der Waals surface area contributed by atoms with Gasteiger partial charge >= 0.3 is 0 Å². The Morgan fingerprint density at radius 1 is 0.688 bits per heavy atom. The molecule has 5 atom stereocenters. The average Bonchev–Trinajstić information content (AvgIpc) is 3.06. The molecular formula is C20H14N4O8. The van der Waals surface area contributed by atoms with Crippen molar-refractivity contribution in [3.63, 3.8) is 0 Å². The lowest BCUT2D eigenvalue weighted by atomic mass is 9.58. The van der Waals surface area contributed by atoms with E-state index in [0.29, 0.717) is 0 Å². The van der Waals surface area contributed by atoms with E-state index in [9.17, 15) is 39.7 Å². The molecule has 2 heterocycles. The standard InChI is InChI=1S/C20H14N4O8/c25-17-13-14(18(26)21(17)9-1-5-11(6-2-9)23(29)30)16-15(13)19(27)22(20(16)28)10-3-7-12(8-4-10)24(31)32/h1-8,13-17,25H. The van der Waals surface area contributed by atoms with Crippen LogP contribution in [0.5, 0.6) is 0 Å². The predicted molar refractivity (Wildman–Crippen MR) is 106 cm³/mol. The summed E-state index contributed by atoms with van der Waals surface area (Å²) in [6.07, 6.45) is -1.37. The second-order valence-electron chi connectivity index (χ2n) is 7.84. The van der Waals surface area contributed by atoms with E-state index in [0.717, 1.165) is 9.80 Å². The van der Waals surface area contributed by atoms with E-state index in [2.05, 4.69) is 0 Å². The van der Waals surface area contributed by atoms with Gasteiger partial charge in [-0.1, -0.05) is 0 Å². The van der Waals surface area contributed by atoms with Crippen LogP contribution in [0, 0.1) is 43.9 Å². The highest BCUT2D eigenvalue weighted by Crippen LogP contribution is 2.59. The fraction of sp³-hybridized carbons (Fsp3) is 0.250. The highest BCUT2D eigenvalue weighted by atomic mass is 16.6. The molecule has 3 aliphatic rings. The summed E-state index contributed by atoms with van der Waals surface area (Å²) in [4.78, 5) is 61.5. The summed E-state index contributed by atoms with van der Waals surface area (Å²) in [6, 6.07) is 9.97. The van der Waals surface area contributed by atoms with E-state index in [-0.39, 0.29) is 22.7 Å². The molecule has 3 amide bonds. The van der Waals surface area contributed by atoms with E-state index >= 15 is 0 Å². The van der Waals surface area contributed by atoms with Gasteiger partial charge in [0.1, 0.15) is 6.23 Å². The molecule has 0 radical (unpaired) electrons. The number of hydrogen-bond donors (Lipinski definition) is 1. The molecule has 32 heavy (non-hydrogen) atoms. The van der Waals surface area contributed by atoms with Gasteiger partial charge in [0.05, 0.1) is 33.3 Å². The number of nitrogens with zero attached hydrogens (tertiary/aromatic N) is 4. The lowest BCUT2D eigenvalue weighted by Gasteiger charge is -2.39. The number of aliphatic hydroxyl groups is 1. The summed E-state index contributed by atoms with van der Waals surface area (Å²) in [5.41, 5.74) is 0.00998. The molecule has 0 aromatic heterocycles. The Hall–Kier alpha value is -4.19. The molecule has 1 aliphatic carbocycles. The van der Waals surface area contributed by atoms with Crippen LogP contribution in [-0.2, 0) is 14.4 Å². The molecule has 2 aromatic carbocycles. The van der Waals surface area contributed by atoms with Crippen LogP contribution < -0.4 is 9.80 Å². The summed E-state index contributed by atoms with van der Waals surface area (Å²) >= 11 is 0. The maximum absolute atomic E-state index is 13.0. The van der Waals surface area contributed by atoms with E-state index in [1.54, 1.807) is 0 Å². The van der Waals surface area contributed by atoms with Crippen LogP contribution in [0.4, 0.5) is 22.7 Å². The minimum atomic E-state index is -1.37. The molecule has 1 N–H and O–H groups in total. The summed E-state index contributed by atoms with van der Waals surface area (Å²) in [5.74, 6) is -5.25. The Morgan fingerprint density at radius 2 is 1.12 bits per heavy atom. The van der Waals surface area contributed by atoms with Crippen LogP contribution in [-0.4, -0.2) is 38.9 Å². The number of amides is 3. The van der Waals surface area contributed by atoms with E-state index in [1.165, 1.54) is 48.5 Å². The number of aliphatic hydroxyl groups excluding tert-OH is 1. The van der Waals surface area contributed by atoms with Crippen molar-refractivity contribution in [2.45, 2.75) is 6.23 Å². The SMILES string of the molecule is O=C1C2C(C(=O)N1c1ccc([N+](=O)[O-])cc1)C1C2C(=O)N(c2ccc([N+](=O)[O-])cc2)C1O. The van der Waals surface area contributed by atoms with Crippen molar-refractivity contribution in [2.24, 2.45) is 23.7 Å². The largest absolute Gasteiger partial charge is 0.373 e. The number of benzene rings is 2. The fourth-order valence-electron chi connectivity index (χ4n) is 4.96. The highest BCUT2D eigenvalue weighted by molar-refractivity contribution is 6.25. The third-order valence-corrected chi connectivity index (χ3v) is 6.40. The number of nitro benzene ring substituents is 2. The lowest BCUT2D eigenvalue weighted by molar-refractivity contribution is -0.385. The predicted octanol–water partition coefficient (Wildman–Crippen LogP) is 1.22. The Kier molecular flexibility index (Phi) is 4.11. The maximum Gasteiger partial charge on any atom is 0.269 e. The third-order valence-electron chi connectivity index (χ3n) is 6.40. The smallest absolute Gasteiger partial charge is 0.269 e. The molecule has 12 heteroatoms. The maximum atomic E-state index is 13.0. The third kappa shape index (κ3) is 2.49. The zero-order valence-corrected chi connectivity index (χ0v) is 16.1. The lowest BCUT2D eigenvalue weighted by Crippen LogP contribution is -2.51. The second kappa shape index (κ2) is 6.65. The highest BCUT2D eigenvalue weighted by Gasteiger charge is 2.73. The number of hydrogen-bond acceptors (Lipinski definition) is 8. The molecule has 162 valence electrons. The minimum Gasteiger partial charge on any atom is -0.373 e.